The number of nitrogens with zero attached hydrogens (tertiary/aromatic N) is 2. The average Bonchev–Trinajstić information content (AvgIpc) is 2.17. The Morgan fingerprint density at radius 2 is 2.36 bits per heavy atom. The molecule has 0 atom stereocenters. The molecule has 1 aromatic rings. The Morgan fingerprint density at radius 3 is 3.07 bits per heavy atom. The molecule has 5 nitrogen and oxygen atoms in total. The maximum atomic E-state index is 10.7. The van der Waals surface area contributed by atoms with Gasteiger partial charge in [0.25, 0.3) is 0 Å². The van der Waals surface area contributed by atoms with Gasteiger partial charge in [0.05, 0.1) is 18.4 Å². The largest absolute Gasteiger partial charge is 0.465 e. The van der Waals surface area contributed by atoms with Crippen LogP contribution in [0, 0.1) is 0 Å². The molecular weight excluding hydrogens is 182 g/mol. The summed E-state index contributed by atoms with van der Waals surface area (Å²) < 4.78 is 0. The summed E-state index contributed by atoms with van der Waals surface area (Å²) in [5.41, 5.74) is 8.35. The minimum atomic E-state index is -0.891. The molecule has 0 saturated carbocycles. The van der Waals surface area contributed by atoms with Crippen molar-refractivity contribution in [1.82, 2.24) is 9.88 Å². The average molecular weight is 193 g/mol. The smallest absolute Gasteiger partial charge is 0.407 e. The third kappa shape index (κ3) is 1.37. The molecule has 0 unspecified atom stereocenters. The topological polar surface area (TPSA) is 79.5 Å². The second-order valence-corrected chi connectivity index (χ2v) is 3.32. The predicted molar refractivity (Wildman–Crippen MR) is 50.8 cm³/mol. The molecule has 3 N–H and O–H groups in total. The minimum Gasteiger partial charge on any atom is -0.465 e. The first-order valence-electron chi connectivity index (χ1n) is 4.37. The Hall–Kier alpha value is -1.78. The molecule has 0 fully saturated rings. The second-order valence-electron chi connectivity index (χ2n) is 3.32. The van der Waals surface area contributed by atoms with Crippen LogP contribution in [-0.2, 0) is 13.0 Å². The van der Waals surface area contributed by atoms with Gasteiger partial charge >= 0.3 is 6.09 Å². The van der Waals surface area contributed by atoms with Crippen molar-refractivity contribution in [3.63, 3.8) is 0 Å². The lowest BCUT2D eigenvalue weighted by atomic mass is 10.0. The van der Waals surface area contributed by atoms with E-state index >= 15 is 0 Å². The first-order valence-corrected chi connectivity index (χ1v) is 4.37. The van der Waals surface area contributed by atoms with E-state index in [4.69, 9.17) is 10.8 Å². The fraction of sp³-hybridized carbons (Fsp3) is 0.333. The molecule has 0 radical (unpaired) electrons. The van der Waals surface area contributed by atoms with E-state index in [1.165, 1.54) is 4.90 Å². The van der Waals surface area contributed by atoms with Gasteiger partial charge in [0.1, 0.15) is 0 Å². The van der Waals surface area contributed by atoms with E-state index in [2.05, 4.69) is 4.98 Å². The molecule has 0 spiro atoms. The molecule has 5 heteroatoms. The highest BCUT2D eigenvalue weighted by Gasteiger charge is 2.21. The van der Waals surface area contributed by atoms with Gasteiger partial charge in [-0.3, -0.25) is 4.98 Å². The quantitative estimate of drug-likeness (QED) is 0.635. The third-order valence-electron chi connectivity index (χ3n) is 2.44. The molecule has 0 aromatic carbocycles. The fourth-order valence-corrected chi connectivity index (χ4v) is 1.68. The van der Waals surface area contributed by atoms with Crippen LogP contribution in [0.25, 0.3) is 0 Å². The van der Waals surface area contributed by atoms with Crippen molar-refractivity contribution in [2.75, 3.05) is 12.3 Å². The van der Waals surface area contributed by atoms with Crippen LogP contribution >= 0.6 is 0 Å². The number of carboxylic acid groups (broad SMARTS) is 1. The summed E-state index contributed by atoms with van der Waals surface area (Å²) in [6.45, 7) is 0.902. The Morgan fingerprint density at radius 1 is 1.57 bits per heavy atom. The highest BCUT2D eigenvalue weighted by atomic mass is 16.4. The van der Waals surface area contributed by atoms with E-state index in [0.29, 0.717) is 25.2 Å². The number of hydrogen-bond acceptors (Lipinski definition) is 3. The lowest BCUT2D eigenvalue weighted by Crippen LogP contribution is -2.35. The molecule has 1 aliphatic rings. The molecule has 0 bridgehead atoms. The number of fused-ring (bicyclic) bond motifs is 1. The van der Waals surface area contributed by atoms with Crippen LogP contribution in [0.5, 0.6) is 0 Å². The molecular formula is C9H11N3O2. The van der Waals surface area contributed by atoms with Crippen LogP contribution in [0.3, 0.4) is 0 Å². The van der Waals surface area contributed by atoms with E-state index in [1.54, 1.807) is 12.4 Å². The number of nitrogens with two attached hydrogens (primary N) is 1. The van der Waals surface area contributed by atoms with Gasteiger partial charge in [0, 0.05) is 12.7 Å². The highest BCUT2D eigenvalue weighted by Crippen LogP contribution is 2.22. The van der Waals surface area contributed by atoms with Crippen molar-refractivity contribution in [3.05, 3.63) is 23.5 Å². The number of amides is 1. The van der Waals surface area contributed by atoms with E-state index in [-0.39, 0.29) is 0 Å². The SMILES string of the molecule is Nc1cncc2c1CCN(C(=O)O)C2. The fourth-order valence-electron chi connectivity index (χ4n) is 1.68. The van der Waals surface area contributed by atoms with E-state index in [0.717, 1.165) is 11.1 Å². The van der Waals surface area contributed by atoms with Gasteiger partial charge in [-0.25, -0.2) is 4.79 Å². The Bertz CT molecular complexity index is 378. The van der Waals surface area contributed by atoms with Gasteiger partial charge in [0.2, 0.25) is 0 Å². The molecule has 0 aliphatic carbocycles. The molecule has 74 valence electrons. The summed E-state index contributed by atoms with van der Waals surface area (Å²) in [6.07, 6.45) is 3.07. The number of carbonyl (C=O) groups is 1. The van der Waals surface area contributed by atoms with Crippen molar-refractivity contribution in [2.45, 2.75) is 13.0 Å². The summed E-state index contributed by atoms with van der Waals surface area (Å²) in [6, 6.07) is 0. The van der Waals surface area contributed by atoms with E-state index in [1.807, 2.05) is 0 Å². The molecule has 1 aliphatic heterocycles. The van der Waals surface area contributed by atoms with Crippen LogP contribution in [0.2, 0.25) is 0 Å². The zero-order chi connectivity index (χ0) is 10.1. The molecule has 0 saturated heterocycles. The lowest BCUT2D eigenvalue weighted by molar-refractivity contribution is 0.140. The van der Waals surface area contributed by atoms with E-state index < -0.39 is 6.09 Å². The van der Waals surface area contributed by atoms with Gasteiger partial charge < -0.3 is 15.7 Å². The van der Waals surface area contributed by atoms with Crippen molar-refractivity contribution < 1.29 is 9.90 Å². The first kappa shape index (κ1) is 8.80. The highest BCUT2D eigenvalue weighted by molar-refractivity contribution is 5.66. The van der Waals surface area contributed by atoms with Gasteiger partial charge in [0.15, 0.2) is 0 Å². The molecule has 1 aromatic heterocycles. The molecule has 1 amide bonds. The van der Waals surface area contributed by atoms with Gasteiger partial charge in [-0.05, 0) is 17.5 Å². The third-order valence-corrected chi connectivity index (χ3v) is 2.44. The van der Waals surface area contributed by atoms with Gasteiger partial charge in [-0.2, -0.15) is 0 Å². The summed E-state index contributed by atoms with van der Waals surface area (Å²) >= 11 is 0. The Kier molecular flexibility index (Phi) is 1.99. The van der Waals surface area contributed by atoms with Crippen molar-refractivity contribution in [1.29, 1.82) is 0 Å². The molecule has 2 rings (SSSR count). The number of anilines is 1. The molecule has 14 heavy (non-hydrogen) atoms. The second kappa shape index (κ2) is 3.17. The number of nitrogen functional groups attached to an aromatic ring is 1. The van der Waals surface area contributed by atoms with Gasteiger partial charge in [-0.15, -0.1) is 0 Å². The monoisotopic (exact) mass is 193 g/mol. The van der Waals surface area contributed by atoms with Gasteiger partial charge in [-0.1, -0.05) is 0 Å². The van der Waals surface area contributed by atoms with Crippen molar-refractivity contribution in [2.24, 2.45) is 0 Å². The maximum absolute atomic E-state index is 10.7. The zero-order valence-corrected chi connectivity index (χ0v) is 7.60. The zero-order valence-electron chi connectivity index (χ0n) is 7.60. The number of aromatic nitrogens is 1. The van der Waals surface area contributed by atoms with Crippen LogP contribution in [0.15, 0.2) is 12.4 Å². The standard InChI is InChI=1S/C9H11N3O2/c10-8-4-11-3-6-5-12(9(13)14)2-1-7(6)8/h3-4H,1-2,5,10H2,(H,13,14). The van der Waals surface area contributed by atoms with Crippen LogP contribution < -0.4 is 5.73 Å². The summed E-state index contributed by atoms with van der Waals surface area (Å²) in [7, 11) is 0. The lowest BCUT2D eigenvalue weighted by Gasteiger charge is -2.26. The Labute approximate surface area is 81.2 Å². The van der Waals surface area contributed by atoms with Crippen LogP contribution in [-0.4, -0.2) is 27.6 Å². The minimum absolute atomic E-state index is 0.392. The maximum Gasteiger partial charge on any atom is 0.407 e. The first-order chi connectivity index (χ1) is 6.68. The number of pyridine rings is 1. The van der Waals surface area contributed by atoms with Crippen LogP contribution in [0.1, 0.15) is 11.1 Å². The van der Waals surface area contributed by atoms with Crippen LogP contribution in [0.4, 0.5) is 10.5 Å². The predicted octanol–water partition coefficient (Wildman–Crippen LogP) is 0.700. The number of hydrogen-bond donors (Lipinski definition) is 2. The molecule has 2 heterocycles. The summed E-state index contributed by atoms with van der Waals surface area (Å²) in [4.78, 5) is 16.0. The van der Waals surface area contributed by atoms with E-state index in [9.17, 15) is 4.79 Å². The number of rotatable bonds is 0. The van der Waals surface area contributed by atoms with Crippen molar-refractivity contribution in [3.8, 4) is 0 Å². The Balaban J connectivity index is 2.31. The summed E-state index contributed by atoms with van der Waals surface area (Å²) in [5.74, 6) is 0. The summed E-state index contributed by atoms with van der Waals surface area (Å²) in [5, 5.41) is 8.81. The van der Waals surface area contributed by atoms with Crippen molar-refractivity contribution >= 4 is 11.8 Å². The normalized spacial score (nSPS) is 15.0.